The van der Waals surface area contributed by atoms with Crippen molar-refractivity contribution in [1.29, 1.82) is 0 Å². The first-order valence-corrected chi connectivity index (χ1v) is 4.16. The second-order valence-electron chi connectivity index (χ2n) is 2.86. The number of methoxy groups -OCH3 is 1. The van der Waals surface area contributed by atoms with E-state index in [-0.39, 0.29) is 5.78 Å². The Kier molecular flexibility index (Phi) is 1.93. The van der Waals surface area contributed by atoms with Gasteiger partial charge in [0.2, 0.25) is 0 Å². The molecule has 0 N–H and O–H groups in total. The predicted octanol–water partition coefficient (Wildman–Crippen LogP) is 1.66. The molecule has 1 aromatic carbocycles. The lowest BCUT2D eigenvalue weighted by molar-refractivity contribution is 0.0929. The summed E-state index contributed by atoms with van der Waals surface area (Å²) in [5.74, 6) is 1.33. The topological polar surface area (TPSA) is 35.5 Å². The smallest absolute Gasteiger partial charge is 0.173 e. The van der Waals surface area contributed by atoms with Gasteiger partial charge in [0, 0.05) is 6.42 Å². The Bertz CT molecular complexity index is 330. The van der Waals surface area contributed by atoms with Crippen LogP contribution >= 0.6 is 0 Å². The average Bonchev–Trinajstić information content (AvgIpc) is 2.17. The van der Waals surface area contributed by atoms with Gasteiger partial charge in [-0.2, -0.15) is 0 Å². The van der Waals surface area contributed by atoms with Gasteiger partial charge in [-0.3, -0.25) is 4.79 Å². The van der Waals surface area contributed by atoms with Crippen molar-refractivity contribution < 1.29 is 14.3 Å². The summed E-state index contributed by atoms with van der Waals surface area (Å²) >= 11 is 0. The normalized spacial score (nSPS) is 14.7. The van der Waals surface area contributed by atoms with Crippen LogP contribution in [0.2, 0.25) is 0 Å². The molecule has 1 aromatic rings. The van der Waals surface area contributed by atoms with Crippen LogP contribution < -0.4 is 9.47 Å². The van der Waals surface area contributed by atoms with Crippen molar-refractivity contribution in [3.8, 4) is 11.5 Å². The number of rotatable bonds is 1. The van der Waals surface area contributed by atoms with Crippen LogP contribution in [0.15, 0.2) is 18.2 Å². The van der Waals surface area contributed by atoms with Crippen molar-refractivity contribution in [1.82, 2.24) is 0 Å². The molecule has 1 aliphatic heterocycles. The van der Waals surface area contributed by atoms with Gasteiger partial charge in [-0.15, -0.1) is 0 Å². The fraction of sp³-hybridized carbons (Fsp3) is 0.300. The molecule has 0 fully saturated rings. The van der Waals surface area contributed by atoms with E-state index in [9.17, 15) is 4.79 Å². The van der Waals surface area contributed by atoms with Crippen LogP contribution in [-0.2, 0) is 0 Å². The third-order valence-corrected chi connectivity index (χ3v) is 2.07. The van der Waals surface area contributed by atoms with E-state index in [0.29, 0.717) is 30.1 Å². The molecule has 0 amide bonds. The minimum absolute atomic E-state index is 0.0960. The van der Waals surface area contributed by atoms with Gasteiger partial charge in [0.15, 0.2) is 5.78 Å². The standard InChI is InChI=1S/C10H10O3/c1-12-8-3-2-4-9-10(8)7(11)5-6-13-9/h2-4H,5-6H2,1H3. The van der Waals surface area contributed by atoms with Gasteiger partial charge in [-0.05, 0) is 12.1 Å². The molecule has 3 nitrogen and oxygen atoms in total. The largest absolute Gasteiger partial charge is 0.496 e. The SMILES string of the molecule is COc1cccc2c1C(=O)CCO2. The van der Waals surface area contributed by atoms with Gasteiger partial charge in [0.25, 0.3) is 0 Å². The van der Waals surface area contributed by atoms with Crippen molar-refractivity contribution in [3.05, 3.63) is 23.8 Å². The fourth-order valence-electron chi connectivity index (χ4n) is 1.45. The summed E-state index contributed by atoms with van der Waals surface area (Å²) in [7, 11) is 1.55. The summed E-state index contributed by atoms with van der Waals surface area (Å²) in [6.07, 6.45) is 0.438. The minimum atomic E-state index is 0.0960. The minimum Gasteiger partial charge on any atom is -0.496 e. The molecule has 0 atom stereocenters. The summed E-state index contributed by atoms with van der Waals surface area (Å²) in [6, 6.07) is 5.37. The van der Waals surface area contributed by atoms with Crippen molar-refractivity contribution >= 4 is 5.78 Å². The molecule has 0 aliphatic carbocycles. The van der Waals surface area contributed by atoms with Gasteiger partial charge in [0.05, 0.1) is 13.7 Å². The van der Waals surface area contributed by atoms with Crippen LogP contribution in [0.4, 0.5) is 0 Å². The first-order valence-electron chi connectivity index (χ1n) is 4.16. The molecule has 68 valence electrons. The molecule has 0 saturated heterocycles. The monoisotopic (exact) mass is 178 g/mol. The highest BCUT2D eigenvalue weighted by Gasteiger charge is 2.22. The van der Waals surface area contributed by atoms with Crippen LogP contribution in [0.25, 0.3) is 0 Å². The Morgan fingerprint density at radius 3 is 3.08 bits per heavy atom. The van der Waals surface area contributed by atoms with Crippen LogP contribution in [0, 0.1) is 0 Å². The lowest BCUT2D eigenvalue weighted by Crippen LogP contribution is -2.16. The van der Waals surface area contributed by atoms with Crippen LogP contribution in [0.5, 0.6) is 11.5 Å². The molecule has 1 aliphatic rings. The third kappa shape index (κ3) is 1.26. The molecular weight excluding hydrogens is 168 g/mol. The summed E-state index contributed by atoms with van der Waals surface area (Å²) in [5, 5.41) is 0. The molecule has 0 unspecified atom stereocenters. The number of ether oxygens (including phenoxy) is 2. The number of hydrogen-bond donors (Lipinski definition) is 0. The average molecular weight is 178 g/mol. The molecule has 0 saturated carbocycles. The molecule has 0 radical (unpaired) electrons. The summed E-state index contributed by atoms with van der Waals surface area (Å²) in [6.45, 7) is 0.471. The number of benzene rings is 1. The van der Waals surface area contributed by atoms with Gasteiger partial charge < -0.3 is 9.47 Å². The predicted molar refractivity (Wildman–Crippen MR) is 47.4 cm³/mol. The van der Waals surface area contributed by atoms with Crippen molar-refractivity contribution in [3.63, 3.8) is 0 Å². The molecule has 0 aromatic heterocycles. The van der Waals surface area contributed by atoms with Crippen LogP contribution in [-0.4, -0.2) is 19.5 Å². The number of carbonyl (C=O) groups is 1. The van der Waals surface area contributed by atoms with E-state index in [1.807, 2.05) is 6.07 Å². The van der Waals surface area contributed by atoms with Gasteiger partial charge in [-0.1, -0.05) is 6.07 Å². The maximum absolute atomic E-state index is 11.5. The van der Waals surface area contributed by atoms with Crippen molar-refractivity contribution in [2.75, 3.05) is 13.7 Å². The molecule has 2 rings (SSSR count). The number of ketones is 1. The molecule has 13 heavy (non-hydrogen) atoms. The Morgan fingerprint density at radius 1 is 1.46 bits per heavy atom. The number of carbonyl (C=O) groups excluding carboxylic acids is 1. The van der Waals surface area contributed by atoms with E-state index in [2.05, 4.69) is 0 Å². The van der Waals surface area contributed by atoms with E-state index in [4.69, 9.17) is 9.47 Å². The zero-order valence-electron chi connectivity index (χ0n) is 7.37. The molecule has 0 bridgehead atoms. The lowest BCUT2D eigenvalue weighted by Gasteiger charge is -2.17. The van der Waals surface area contributed by atoms with E-state index in [1.165, 1.54) is 0 Å². The van der Waals surface area contributed by atoms with E-state index >= 15 is 0 Å². The quantitative estimate of drug-likeness (QED) is 0.656. The number of Topliss-reactive ketones (excluding diaryl/α,β-unsaturated/α-hetero) is 1. The zero-order valence-corrected chi connectivity index (χ0v) is 7.37. The van der Waals surface area contributed by atoms with E-state index < -0.39 is 0 Å². The first kappa shape index (κ1) is 8.10. The number of fused-ring (bicyclic) bond motifs is 1. The Morgan fingerprint density at radius 2 is 2.31 bits per heavy atom. The highest BCUT2D eigenvalue weighted by atomic mass is 16.5. The molecule has 1 heterocycles. The molecule has 3 heteroatoms. The highest BCUT2D eigenvalue weighted by Crippen LogP contribution is 2.32. The van der Waals surface area contributed by atoms with Crippen molar-refractivity contribution in [2.45, 2.75) is 6.42 Å². The van der Waals surface area contributed by atoms with E-state index in [1.54, 1.807) is 19.2 Å². The molecule has 0 spiro atoms. The lowest BCUT2D eigenvalue weighted by atomic mass is 10.0. The van der Waals surface area contributed by atoms with Gasteiger partial charge in [0.1, 0.15) is 17.1 Å². The highest BCUT2D eigenvalue weighted by molar-refractivity contribution is 6.02. The summed E-state index contributed by atoms with van der Waals surface area (Å²) < 4.78 is 10.4. The van der Waals surface area contributed by atoms with E-state index in [0.717, 1.165) is 0 Å². The second kappa shape index (κ2) is 3.09. The first-order chi connectivity index (χ1) is 6.33. The maximum atomic E-state index is 11.5. The van der Waals surface area contributed by atoms with Crippen LogP contribution in [0.1, 0.15) is 16.8 Å². The Hall–Kier alpha value is -1.51. The summed E-state index contributed by atoms with van der Waals surface area (Å²) in [5.41, 5.74) is 0.580. The van der Waals surface area contributed by atoms with Gasteiger partial charge in [-0.25, -0.2) is 0 Å². The Balaban J connectivity index is 2.56. The summed E-state index contributed by atoms with van der Waals surface area (Å²) in [4.78, 5) is 11.5. The second-order valence-corrected chi connectivity index (χ2v) is 2.86. The maximum Gasteiger partial charge on any atom is 0.173 e. The Labute approximate surface area is 76.3 Å². The van der Waals surface area contributed by atoms with Crippen molar-refractivity contribution in [2.24, 2.45) is 0 Å². The third-order valence-electron chi connectivity index (χ3n) is 2.07. The molecular formula is C10H10O3. The van der Waals surface area contributed by atoms with Gasteiger partial charge >= 0.3 is 0 Å². The fourth-order valence-corrected chi connectivity index (χ4v) is 1.45. The van der Waals surface area contributed by atoms with Crippen LogP contribution in [0.3, 0.4) is 0 Å². The zero-order chi connectivity index (χ0) is 9.26. The number of hydrogen-bond acceptors (Lipinski definition) is 3.